The van der Waals surface area contributed by atoms with Gasteiger partial charge in [-0.1, -0.05) is 56.3 Å². The van der Waals surface area contributed by atoms with Gasteiger partial charge in [-0.2, -0.15) is 4.72 Å². The molecule has 31 heavy (non-hydrogen) atoms. The maximum atomic E-state index is 13.4. The van der Waals surface area contributed by atoms with Crippen LogP contribution >= 0.6 is 0 Å². The fourth-order valence-electron chi connectivity index (χ4n) is 3.23. The van der Waals surface area contributed by atoms with Gasteiger partial charge in [0.25, 0.3) is 5.91 Å². The molecule has 0 saturated heterocycles. The number of rotatable bonds is 8. The molecule has 1 amide bonds. The number of nitrogens with one attached hydrogen (secondary N) is 2. The van der Waals surface area contributed by atoms with Gasteiger partial charge in [0.05, 0.1) is 6.26 Å². The molecule has 0 bridgehead atoms. The molecule has 0 spiro atoms. The van der Waals surface area contributed by atoms with Crippen LogP contribution in [0.1, 0.15) is 36.4 Å². The topological polar surface area (TPSA) is 126 Å². The summed E-state index contributed by atoms with van der Waals surface area (Å²) in [5.41, 5.74) is 1.68. The molecule has 2 aromatic rings. The zero-order valence-electron chi connectivity index (χ0n) is 17.1. The molecule has 1 heterocycles. The molecule has 3 N–H and O–H groups in total. The van der Waals surface area contributed by atoms with Crippen LogP contribution in [-0.2, 0) is 14.8 Å². The summed E-state index contributed by atoms with van der Waals surface area (Å²) >= 11 is 0. The number of carboxylic acid groups (broad SMARTS) is 1. The lowest BCUT2D eigenvalue weighted by molar-refractivity contribution is -0.140. The summed E-state index contributed by atoms with van der Waals surface area (Å²) in [5, 5.41) is 12.0. The van der Waals surface area contributed by atoms with E-state index in [4.69, 9.17) is 4.42 Å². The van der Waals surface area contributed by atoms with Crippen LogP contribution in [0.4, 0.5) is 0 Å². The third-order valence-corrected chi connectivity index (χ3v) is 6.96. The number of sulfonamides is 1. The van der Waals surface area contributed by atoms with Crippen molar-refractivity contribution in [3.05, 3.63) is 78.3 Å². The first kappa shape index (κ1) is 22.5. The van der Waals surface area contributed by atoms with Crippen LogP contribution in [0.15, 0.2) is 71.4 Å². The monoisotopic (exact) mass is 444 g/mol. The van der Waals surface area contributed by atoms with Gasteiger partial charge in [-0.25, -0.2) is 8.42 Å². The van der Waals surface area contributed by atoms with Crippen LogP contribution in [0.2, 0.25) is 0 Å². The molecule has 1 unspecified atom stereocenters. The molecule has 3 rings (SSSR count). The van der Waals surface area contributed by atoms with E-state index in [-0.39, 0.29) is 12.2 Å². The maximum Gasteiger partial charge on any atom is 0.321 e. The van der Waals surface area contributed by atoms with Crippen LogP contribution in [-0.4, -0.2) is 36.3 Å². The van der Waals surface area contributed by atoms with Gasteiger partial charge in [-0.15, -0.1) is 0 Å². The van der Waals surface area contributed by atoms with E-state index in [1.165, 1.54) is 24.5 Å². The van der Waals surface area contributed by atoms with Crippen molar-refractivity contribution in [3.63, 3.8) is 0 Å². The molecule has 1 aromatic heterocycles. The number of carboxylic acids is 1. The molecular formula is C22H24N2O6S. The molecule has 0 saturated carbocycles. The van der Waals surface area contributed by atoms with Crippen LogP contribution in [0, 0.1) is 5.92 Å². The van der Waals surface area contributed by atoms with E-state index in [9.17, 15) is 23.1 Å². The SMILES string of the molecule is CC(C)[C@H](NS(=O)(=O)C1(NC(=O)c2ccco2)C=CC(c2ccccc2)=CC1)C(=O)O. The van der Waals surface area contributed by atoms with Gasteiger partial charge < -0.3 is 14.8 Å². The average Bonchev–Trinajstić information content (AvgIpc) is 3.28. The van der Waals surface area contributed by atoms with Crippen LogP contribution < -0.4 is 10.0 Å². The summed E-state index contributed by atoms with van der Waals surface area (Å²) in [6.07, 6.45) is 5.88. The summed E-state index contributed by atoms with van der Waals surface area (Å²) in [5.74, 6) is -2.59. The van der Waals surface area contributed by atoms with E-state index in [1.807, 2.05) is 30.3 Å². The molecular weight excluding hydrogens is 420 g/mol. The highest BCUT2D eigenvalue weighted by atomic mass is 32.2. The molecule has 0 radical (unpaired) electrons. The van der Waals surface area contributed by atoms with Gasteiger partial charge in [0.2, 0.25) is 10.0 Å². The minimum atomic E-state index is -4.36. The van der Waals surface area contributed by atoms with E-state index in [1.54, 1.807) is 26.0 Å². The zero-order valence-corrected chi connectivity index (χ0v) is 17.9. The first-order chi connectivity index (χ1) is 14.7. The van der Waals surface area contributed by atoms with E-state index in [0.717, 1.165) is 11.1 Å². The van der Waals surface area contributed by atoms with Crippen molar-refractivity contribution in [2.45, 2.75) is 31.2 Å². The first-order valence-electron chi connectivity index (χ1n) is 9.71. The minimum absolute atomic E-state index is 0.0561. The Kier molecular flexibility index (Phi) is 6.47. The maximum absolute atomic E-state index is 13.4. The second kappa shape index (κ2) is 8.91. The number of furan rings is 1. The molecule has 0 fully saturated rings. The minimum Gasteiger partial charge on any atom is -0.480 e. The second-order valence-electron chi connectivity index (χ2n) is 7.57. The lowest BCUT2D eigenvalue weighted by atomic mass is 9.96. The van der Waals surface area contributed by atoms with Crippen molar-refractivity contribution in [3.8, 4) is 0 Å². The predicted octanol–water partition coefficient (Wildman–Crippen LogP) is 2.78. The number of hydrogen-bond acceptors (Lipinski definition) is 5. The molecule has 9 heteroatoms. The van der Waals surface area contributed by atoms with Crippen molar-refractivity contribution in [2.75, 3.05) is 0 Å². The Balaban J connectivity index is 1.98. The molecule has 1 aromatic carbocycles. The smallest absolute Gasteiger partial charge is 0.321 e. The van der Waals surface area contributed by atoms with Crippen molar-refractivity contribution < 1.29 is 27.5 Å². The van der Waals surface area contributed by atoms with Crippen molar-refractivity contribution >= 4 is 27.5 Å². The number of aliphatic carboxylic acids is 1. The first-order valence-corrected chi connectivity index (χ1v) is 11.2. The fourth-order valence-corrected chi connectivity index (χ4v) is 4.93. The molecule has 164 valence electrons. The van der Waals surface area contributed by atoms with E-state index >= 15 is 0 Å². The highest BCUT2D eigenvalue weighted by molar-refractivity contribution is 7.91. The Morgan fingerprint density at radius 3 is 2.35 bits per heavy atom. The average molecular weight is 445 g/mol. The summed E-state index contributed by atoms with van der Waals surface area (Å²) in [4.78, 5) is 22.4. The number of carbonyl (C=O) groups excluding carboxylic acids is 1. The number of benzene rings is 1. The van der Waals surface area contributed by atoms with Crippen LogP contribution in [0.3, 0.4) is 0 Å². The number of allylic oxidation sites excluding steroid dienone is 2. The number of carbonyl (C=O) groups is 2. The van der Waals surface area contributed by atoms with Gasteiger partial charge in [-0.3, -0.25) is 9.59 Å². The summed E-state index contributed by atoms with van der Waals surface area (Å²) in [6, 6.07) is 10.9. The summed E-state index contributed by atoms with van der Waals surface area (Å²) in [6.45, 7) is 3.19. The van der Waals surface area contributed by atoms with Crippen molar-refractivity contribution in [1.29, 1.82) is 0 Å². The molecule has 1 aliphatic carbocycles. The van der Waals surface area contributed by atoms with Gasteiger partial charge in [-0.05, 0) is 35.3 Å². The Labute approximate surface area is 180 Å². The highest BCUT2D eigenvalue weighted by Crippen LogP contribution is 2.31. The quantitative estimate of drug-likeness (QED) is 0.575. The zero-order chi connectivity index (χ0) is 22.6. The van der Waals surface area contributed by atoms with Gasteiger partial charge in [0, 0.05) is 6.42 Å². The predicted molar refractivity (Wildman–Crippen MR) is 115 cm³/mol. The number of hydrogen-bond donors (Lipinski definition) is 3. The lowest BCUT2D eigenvalue weighted by Gasteiger charge is -2.34. The summed E-state index contributed by atoms with van der Waals surface area (Å²) < 4.78 is 34.1. The van der Waals surface area contributed by atoms with Gasteiger partial charge in [0.15, 0.2) is 10.6 Å². The second-order valence-corrected chi connectivity index (χ2v) is 9.54. The number of amides is 1. The molecule has 8 nitrogen and oxygen atoms in total. The largest absolute Gasteiger partial charge is 0.480 e. The highest BCUT2D eigenvalue weighted by Gasteiger charge is 2.46. The van der Waals surface area contributed by atoms with Gasteiger partial charge in [0.1, 0.15) is 6.04 Å². The van der Waals surface area contributed by atoms with Crippen LogP contribution in [0.25, 0.3) is 5.57 Å². The third kappa shape index (κ3) is 4.78. The fraction of sp³-hybridized carbons (Fsp3) is 0.273. The lowest BCUT2D eigenvalue weighted by Crippen LogP contribution is -2.60. The summed E-state index contributed by atoms with van der Waals surface area (Å²) in [7, 11) is -4.36. The van der Waals surface area contributed by atoms with Crippen molar-refractivity contribution in [2.24, 2.45) is 5.92 Å². The normalized spacial score (nSPS) is 19.6. The Morgan fingerprint density at radius 2 is 1.84 bits per heavy atom. The van der Waals surface area contributed by atoms with Gasteiger partial charge >= 0.3 is 5.97 Å². The van der Waals surface area contributed by atoms with Crippen molar-refractivity contribution in [1.82, 2.24) is 10.0 Å². The van der Waals surface area contributed by atoms with E-state index in [0.29, 0.717) is 0 Å². The Bertz CT molecular complexity index is 1100. The Morgan fingerprint density at radius 1 is 1.13 bits per heavy atom. The standard InChI is InChI=1S/C22H24N2O6S/c1-15(2)19(21(26)27)24-31(28,29)22(23-20(25)18-9-6-14-30-18)12-10-17(11-13-22)16-7-4-3-5-8-16/h3-12,14-15,19,24H,13H2,1-2H3,(H,23,25)(H,26,27)/t19-,22?/m0/s1. The van der Waals surface area contributed by atoms with E-state index in [2.05, 4.69) is 10.0 Å². The molecule has 2 atom stereocenters. The molecule has 0 aliphatic heterocycles. The Hall–Kier alpha value is -3.17. The third-order valence-electron chi connectivity index (χ3n) is 5.03. The molecule has 1 aliphatic rings. The van der Waals surface area contributed by atoms with Crippen LogP contribution in [0.5, 0.6) is 0 Å². The van der Waals surface area contributed by atoms with E-state index < -0.39 is 38.7 Å².